The van der Waals surface area contributed by atoms with Crippen LogP contribution in [0.1, 0.15) is 111 Å². The van der Waals surface area contributed by atoms with Crippen LogP contribution in [0.25, 0.3) is 0 Å². The Hall–Kier alpha value is -0.740. The van der Waals surface area contributed by atoms with E-state index < -0.39 is 10.1 Å². The number of carbonyl (C=O) groups excluding carboxylic acids is 1. The summed E-state index contributed by atoms with van der Waals surface area (Å²) in [5.41, 5.74) is 1.07. The molecule has 4 saturated carbocycles. The summed E-state index contributed by atoms with van der Waals surface area (Å²) in [4.78, 5) is 12.7. The van der Waals surface area contributed by atoms with Gasteiger partial charge in [-0.1, -0.05) is 33.6 Å². The summed E-state index contributed by atoms with van der Waals surface area (Å²) >= 11 is 0. The molecule has 0 aromatic rings. The molecule has 4 aliphatic rings. The fraction of sp³-hybridized carbons (Fsp3) is 0.969. The van der Waals surface area contributed by atoms with Crippen molar-refractivity contribution in [3.8, 4) is 0 Å². The summed E-state index contributed by atoms with van der Waals surface area (Å²) in [5.74, 6) is 4.99. The van der Waals surface area contributed by atoms with E-state index in [0.29, 0.717) is 47.2 Å². The van der Waals surface area contributed by atoms with Crippen LogP contribution >= 0.6 is 0 Å². The summed E-state index contributed by atoms with van der Waals surface area (Å²) in [5, 5.41) is 3.12. The topological polar surface area (TPSA) is 149 Å². The van der Waals surface area contributed by atoms with E-state index in [0.717, 1.165) is 49.0 Å². The van der Waals surface area contributed by atoms with Crippen molar-refractivity contribution in [3.63, 3.8) is 0 Å². The molecule has 0 aromatic carbocycles. The summed E-state index contributed by atoms with van der Waals surface area (Å²) < 4.78 is 33.2. The molecule has 0 spiro atoms. The summed E-state index contributed by atoms with van der Waals surface area (Å²) in [6.07, 6.45) is 17.2. The van der Waals surface area contributed by atoms with Crippen molar-refractivity contribution in [2.45, 2.75) is 111 Å². The fourth-order valence-electron chi connectivity index (χ4n) is 10.4. The van der Waals surface area contributed by atoms with Gasteiger partial charge < -0.3 is 25.3 Å². The van der Waals surface area contributed by atoms with E-state index in [-0.39, 0.29) is 22.6 Å². The SMILES string of the molecule is C[C@H](CCC(=O)NCCC[N+](C)(C)CCCS(=O)(=O)[O-])[C@H]1CCC2C3CCC4CCCC[C@]4(C)C3CC[C@@]21C.O.O. The second-order valence-electron chi connectivity index (χ2n) is 15.3. The average Bonchev–Trinajstić information content (AvgIpc) is 3.21. The summed E-state index contributed by atoms with van der Waals surface area (Å²) in [6, 6.07) is 0. The van der Waals surface area contributed by atoms with Crippen molar-refractivity contribution in [1.82, 2.24) is 5.32 Å². The predicted molar refractivity (Wildman–Crippen MR) is 164 cm³/mol. The lowest BCUT2D eigenvalue weighted by molar-refractivity contribution is -0.890. The summed E-state index contributed by atoms with van der Waals surface area (Å²) in [7, 11) is -0.0494. The smallest absolute Gasteiger partial charge is 0.220 e. The first-order valence-electron chi connectivity index (χ1n) is 16.3. The molecule has 5 N–H and O–H groups in total. The van der Waals surface area contributed by atoms with Crippen LogP contribution in [0.15, 0.2) is 0 Å². The lowest BCUT2D eigenvalue weighted by Gasteiger charge is -2.61. The van der Waals surface area contributed by atoms with Crippen LogP contribution in [-0.2, 0) is 14.9 Å². The molecule has 4 unspecified atom stereocenters. The second-order valence-corrected chi connectivity index (χ2v) is 16.9. The van der Waals surface area contributed by atoms with Crippen LogP contribution in [0.3, 0.4) is 0 Å². The number of rotatable bonds is 12. The number of nitrogens with zero attached hydrogens (tertiary/aromatic N) is 1. The van der Waals surface area contributed by atoms with Crippen molar-refractivity contribution >= 4 is 16.0 Å². The Morgan fingerprint density at radius 3 is 2.32 bits per heavy atom. The third-order valence-electron chi connectivity index (χ3n) is 12.6. The van der Waals surface area contributed by atoms with Gasteiger partial charge in [-0.3, -0.25) is 4.79 Å². The van der Waals surface area contributed by atoms with Gasteiger partial charge in [0.05, 0.1) is 37.3 Å². The Kier molecular flexibility index (Phi) is 12.8. The standard InChI is InChI=1S/C32H58N2O4S.2H2O/c1-24(11-16-30(35)33-20-8-21-34(4,5)22-9-23-39(36,37)38)27-14-15-28-26-13-12-25-10-6-7-18-31(25,2)29(26)17-19-32(27,28)3;;/h24-29H,6-23H2,1-5H3,(H-,33,35,36,37,38);2*1H2/t24-,25?,26?,27-,28?,29?,31+,32-;;/m1../s1. The molecule has 0 aromatic heterocycles. The Morgan fingerprint density at radius 1 is 0.927 bits per heavy atom. The molecular weight excluding hydrogens is 540 g/mol. The molecule has 0 radical (unpaired) electrons. The highest BCUT2D eigenvalue weighted by atomic mass is 32.2. The highest BCUT2D eigenvalue weighted by Crippen LogP contribution is 2.68. The van der Waals surface area contributed by atoms with Crippen LogP contribution in [0, 0.1) is 46.3 Å². The lowest BCUT2D eigenvalue weighted by Crippen LogP contribution is -2.53. The maximum Gasteiger partial charge on any atom is 0.220 e. The Labute approximate surface area is 250 Å². The van der Waals surface area contributed by atoms with E-state index in [1.54, 1.807) is 0 Å². The van der Waals surface area contributed by atoms with E-state index in [1.165, 1.54) is 64.2 Å². The van der Waals surface area contributed by atoms with Crippen molar-refractivity contribution in [2.24, 2.45) is 46.3 Å². The van der Waals surface area contributed by atoms with Gasteiger partial charge >= 0.3 is 0 Å². The molecule has 1 amide bonds. The molecule has 4 aliphatic carbocycles. The van der Waals surface area contributed by atoms with Crippen molar-refractivity contribution in [3.05, 3.63) is 0 Å². The van der Waals surface area contributed by atoms with Crippen molar-refractivity contribution < 1.29 is 33.2 Å². The van der Waals surface area contributed by atoms with Crippen LogP contribution in [0.2, 0.25) is 0 Å². The number of fused-ring (bicyclic) bond motifs is 5. The van der Waals surface area contributed by atoms with Gasteiger partial charge in [0.25, 0.3) is 0 Å². The largest absolute Gasteiger partial charge is 0.748 e. The first kappa shape index (κ1) is 36.5. The van der Waals surface area contributed by atoms with Gasteiger partial charge in [0, 0.05) is 31.6 Å². The first-order chi connectivity index (χ1) is 18.3. The number of carbonyl (C=O) groups is 1. The molecule has 0 bridgehead atoms. The molecule has 8 nitrogen and oxygen atoms in total. The minimum absolute atomic E-state index is 0. The van der Waals surface area contributed by atoms with Crippen LogP contribution in [0.5, 0.6) is 0 Å². The minimum Gasteiger partial charge on any atom is -0.748 e. The highest BCUT2D eigenvalue weighted by molar-refractivity contribution is 7.85. The van der Waals surface area contributed by atoms with Crippen LogP contribution < -0.4 is 5.32 Å². The van der Waals surface area contributed by atoms with Crippen molar-refractivity contribution in [1.29, 1.82) is 0 Å². The van der Waals surface area contributed by atoms with E-state index in [1.807, 2.05) is 14.1 Å². The Balaban J connectivity index is 0.00000294. The van der Waals surface area contributed by atoms with E-state index in [2.05, 4.69) is 26.1 Å². The molecule has 0 saturated heterocycles. The normalized spacial score (nSPS) is 35.6. The van der Waals surface area contributed by atoms with Crippen LogP contribution in [-0.4, -0.2) is 73.8 Å². The lowest BCUT2D eigenvalue weighted by atomic mass is 9.44. The van der Waals surface area contributed by atoms with Gasteiger partial charge in [-0.25, -0.2) is 8.42 Å². The highest BCUT2D eigenvalue weighted by Gasteiger charge is 2.60. The molecule has 0 heterocycles. The number of hydrogen-bond donors (Lipinski definition) is 1. The van der Waals surface area contributed by atoms with Gasteiger partial charge in [0.1, 0.15) is 0 Å². The van der Waals surface area contributed by atoms with E-state index in [9.17, 15) is 17.8 Å². The molecule has 4 rings (SSSR count). The predicted octanol–water partition coefficient (Wildman–Crippen LogP) is 4.32. The van der Waals surface area contributed by atoms with Gasteiger partial charge in [-0.15, -0.1) is 0 Å². The quantitative estimate of drug-likeness (QED) is 0.201. The minimum atomic E-state index is -4.14. The second kappa shape index (κ2) is 14.4. The molecule has 9 heteroatoms. The number of quaternary nitrogens is 1. The Bertz CT molecular complexity index is 958. The maximum atomic E-state index is 12.7. The fourth-order valence-corrected chi connectivity index (χ4v) is 10.9. The monoisotopic (exact) mass is 602 g/mol. The Morgan fingerprint density at radius 2 is 1.61 bits per heavy atom. The number of amides is 1. The molecular formula is C32H62N2O6S. The number of hydrogen-bond acceptors (Lipinski definition) is 4. The van der Waals surface area contributed by atoms with E-state index >= 15 is 0 Å². The van der Waals surface area contributed by atoms with Gasteiger partial charge in [0.15, 0.2) is 0 Å². The van der Waals surface area contributed by atoms with Gasteiger partial charge in [0.2, 0.25) is 5.91 Å². The number of nitrogens with one attached hydrogen (secondary N) is 1. The summed E-state index contributed by atoms with van der Waals surface area (Å²) in [6.45, 7) is 9.87. The maximum absolute atomic E-state index is 12.7. The molecule has 0 aliphatic heterocycles. The molecule has 41 heavy (non-hydrogen) atoms. The van der Waals surface area contributed by atoms with E-state index in [4.69, 9.17) is 0 Å². The van der Waals surface area contributed by atoms with Crippen LogP contribution in [0.4, 0.5) is 0 Å². The van der Waals surface area contributed by atoms with Gasteiger partial charge in [-0.2, -0.15) is 0 Å². The molecule has 242 valence electrons. The van der Waals surface area contributed by atoms with Crippen molar-refractivity contribution in [2.75, 3.05) is 39.5 Å². The zero-order valence-corrected chi connectivity index (χ0v) is 27.5. The zero-order valence-electron chi connectivity index (χ0n) is 26.7. The third-order valence-corrected chi connectivity index (χ3v) is 13.4. The molecule has 8 atom stereocenters. The zero-order chi connectivity index (χ0) is 28.5. The molecule has 4 fully saturated rings. The third kappa shape index (κ3) is 8.46. The van der Waals surface area contributed by atoms with Gasteiger partial charge in [-0.05, 0) is 104 Å². The first-order valence-corrected chi connectivity index (χ1v) is 17.9. The average molecular weight is 603 g/mol.